The van der Waals surface area contributed by atoms with Crippen molar-refractivity contribution in [1.29, 1.82) is 0 Å². The Kier molecular flexibility index (Phi) is 3.22. The Hall–Kier alpha value is -2.24. The van der Waals surface area contributed by atoms with Gasteiger partial charge in [-0.3, -0.25) is 4.98 Å². The van der Waals surface area contributed by atoms with Crippen LogP contribution in [0.1, 0.15) is 5.69 Å². The van der Waals surface area contributed by atoms with Crippen LogP contribution in [0.25, 0.3) is 11.0 Å². The fraction of sp³-hybridized carbons (Fsp3) is 0.0714. The second kappa shape index (κ2) is 5.03. The van der Waals surface area contributed by atoms with Gasteiger partial charge in [-0.05, 0) is 24.3 Å². The third-order valence-corrected chi connectivity index (χ3v) is 3.23. The quantitative estimate of drug-likeness (QED) is 0.688. The third-order valence-electron chi connectivity index (χ3n) is 2.99. The Morgan fingerprint density at radius 2 is 2.15 bits per heavy atom. The van der Waals surface area contributed by atoms with Gasteiger partial charge in [0.15, 0.2) is 5.58 Å². The highest BCUT2D eigenvalue weighted by molar-refractivity contribution is 6.30. The van der Waals surface area contributed by atoms with E-state index in [0.717, 1.165) is 11.1 Å². The largest absolute Gasteiger partial charge is 0.437 e. The molecule has 20 heavy (non-hydrogen) atoms. The molecule has 0 amide bonds. The zero-order valence-corrected chi connectivity index (χ0v) is 11.3. The normalized spacial score (nSPS) is 10.9. The lowest BCUT2D eigenvalue weighted by Gasteiger charge is -2.05. The van der Waals surface area contributed by atoms with Gasteiger partial charge in [-0.15, -0.1) is 0 Å². The van der Waals surface area contributed by atoms with Gasteiger partial charge in [0, 0.05) is 28.8 Å². The van der Waals surface area contributed by atoms with E-state index in [1.165, 1.54) is 0 Å². The van der Waals surface area contributed by atoms with Crippen LogP contribution in [-0.2, 0) is 6.54 Å². The second-order valence-electron chi connectivity index (χ2n) is 4.32. The van der Waals surface area contributed by atoms with Gasteiger partial charge in [-0.25, -0.2) is 0 Å². The topological polar surface area (TPSA) is 90.1 Å². The van der Waals surface area contributed by atoms with E-state index in [9.17, 15) is 0 Å². The Bertz CT molecular complexity index is 769. The molecule has 3 rings (SSSR count). The lowest BCUT2D eigenvalue weighted by Crippen LogP contribution is -1.99. The van der Waals surface area contributed by atoms with E-state index in [0.29, 0.717) is 34.4 Å². The smallest absolute Gasteiger partial charge is 0.215 e. The molecule has 0 fully saturated rings. The van der Waals surface area contributed by atoms with Gasteiger partial charge < -0.3 is 21.2 Å². The maximum absolute atomic E-state index is 5.97. The fourth-order valence-electron chi connectivity index (χ4n) is 2.08. The molecule has 0 aliphatic rings. The first-order valence-corrected chi connectivity index (χ1v) is 6.45. The van der Waals surface area contributed by atoms with Gasteiger partial charge in [-0.2, -0.15) is 0 Å². The molecule has 0 saturated carbocycles. The first-order valence-electron chi connectivity index (χ1n) is 6.07. The van der Waals surface area contributed by atoms with Crippen LogP contribution in [0.15, 0.2) is 40.9 Å². The highest BCUT2D eigenvalue weighted by atomic mass is 35.5. The van der Waals surface area contributed by atoms with Crippen LogP contribution in [-0.4, -0.2) is 4.98 Å². The fourth-order valence-corrected chi connectivity index (χ4v) is 2.27. The minimum atomic E-state index is 0.293. The highest BCUT2D eigenvalue weighted by Gasteiger charge is 2.15. The molecule has 2 aromatic heterocycles. The number of halogens is 1. The first kappa shape index (κ1) is 12.8. The molecule has 6 heteroatoms. The van der Waals surface area contributed by atoms with Gasteiger partial charge in [-0.1, -0.05) is 17.7 Å². The van der Waals surface area contributed by atoms with Crippen LogP contribution in [0, 0.1) is 0 Å². The van der Waals surface area contributed by atoms with Gasteiger partial charge in [0.25, 0.3) is 0 Å². The number of furan rings is 1. The molecule has 102 valence electrons. The van der Waals surface area contributed by atoms with Crippen LogP contribution in [0.5, 0.6) is 0 Å². The summed E-state index contributed by atoms with van der Waals surface area (Å²) in [5.41, 5.74) is 14.4. The molecule has 0 saturated heterocycles. The standard InChI is InChI=1S/C14H13ClN4O/c15-8-2-1-3-9(6-8)19-12-10-4-5-18-11(7-16)13(10)20-14(12)17/h1-6,19H,7,16-17H2. The predicted octanol–water partition coefficient (Wildman–Crippen LogP) is 3.27. The molecule has 0 aliphatic carbocycles. The molecule has 0 radical (unpaired) electrons. The molecular weight excluding hydrogens is 276 g/mol. The van der Waals surface area contributed by atoms with Gasteiger partial charge in [0.1, 0.15) is 5.69 Å². The number of nitrogens with zero attached hydrogens (tertiary/aromatic N) is 1. The van der Waals surface area contributed by atoms with Crippen molar-refractivity contribution in [2.75, 3.05) is 11.1 Å². The molecule has 3 aromatic rings. The van der Waals surface area contributed by atoms with E-state index in [4.69, 9.17) is 27.5 Å². The summed E-state index contributed by atoms with van der Waals surface area (Å²) in [5.74, 6) is 0.294. The number of fused-ring (bicyclic) bond motifs is 1. The molecule has 5 nitrogen and oxygen atoms in total. The number of hydrogen-bond acceptors (Lipinski definition) is 5. The molecule has 0 bridgehead atoms. The van der Waals surface area contributed by atoms with Crippen molar-refractivity contribution in [1.82, 2.24) is 4.98 Å². The number of nitrogen functional groups attached to an aromatic ring is 1. The molecule has 2 heterocycles. The average molecular weight is 289 g/mol. The SMILES string of the molecule is NCc1nccc2c(Nc3cccc(Cl)c3)c(N)oc12. The number of anilines is 3. The monoisotopic (exact) mass is 288 g/mol. The summed E-state index contributed by atoms with van der Waals surface area (Å²) in [7, 11) is 0. The number of benzene rings is 1. The summed E-state index contributed by atoms with van der Waals surface area (Å²) in [4.78, 5) is 4.18. The van der Waals surface area contributed by atoms with Crippen LogP contribution in [0.4, 0.5) is 17.3 Å². The maximum Gasteiger partial charge on any atom is 0.215 e. The summed E-state index contributed by atoms with van der Waals surface area (Å²) in [6.07, 6.45) is 1.68. The lowest BCUT2D eigenvalue weighted by atomic mass is 10.2. The third kappa shape index (κ3) is 2.17. The summed E-state index contributed by atoms with van der Waals surface area (Å²) < 4.78 is 5.56. The number of rotatable bonds is 3. The number of hydrogen-bond donors (Lipinski definition) is 3. The summed E-state index contributed by atoms with van der Waals surface area (Å²) in [6.45, 7) is 0.293. The molecular formula is C14H13ClN4O. The maximum atomic E-state index is 5.97. The number of nitrogens with one attached hydrogen (secondary N) is 1. The zero-order chi connectivity index (χ0) is 14.1. The Morgan fingerprint density at radius 3 is 2.90 bits per heavy atom. The van der Waals surface area contributed by atoms with Crippen molar-refractivity contribution in [3.8, 4) is 0 Å². The van der Waals surface area contributed by atoms with Crippen molar-refractivity contribution in [3.63, 3.8) is 0 Å². The summed E-state index contributed by atoms with van der Waals surface area (Å²) in [6, 6.07) is 9.21. The molecule has 1 aromatic carbocycles. The van der Waals surface area contributed by atoms with Gasteiger partial charge in [0.2, 0.25) is 5.88 Å². The van der Waals surface area contributed by atoms with Crippen LogP contribution < -0.4 is 16.8 Å². The van der Waals surface area contributed by atoms with Crippen molar-refractivity contribution in [2.45, 2.75) is 6.54 Å². The van der Waals surface area contributed by atoms with E-state index >= 15 is 0 Å². The molecule has 0 unspecified atom stereocenters. The highest BCUT2D eigenvalue weighted by Crippen LogP contribution is 2.36. The summed E-state index contributed by atoms with van der Waals surface area (Å²) in [5, 5.41) is 4.71. The number of pyridine rings is 1. The lowest BCUT2D eigenvalue weighted by molar-refractivity contribution is 0.629. The van der Waals surface area contributed by atoms with Crippen molar-refractivity contribution >= 4 is 39.8 Å². The Labute approximate surface area is 120 Å². The van der Waals surface area contributed by atoms with E-state index in [1.54, 1.807) is 12.3 Å². The predicted molar refractivity (Wildman–Crippen MR) is 81.0 cm³/mol. The Morgan fingerprint density at radius 1 is 1.30 bits per heavy atom. The van der Waals surface area contributed by atoms with Crippen LogP contribution >= 0.6 is 11.6 Å². The zero-order valence-electron chi connectivity index (χ0n) is 10.6. The van der Waals surface area contributed by atoms with Crippen LogP contribution in [0.2, 0.25) is 5.02 Å². The average Bonchev–Trinajstić information content (AvgIpc) is 2.75. The molecule has 5 N–H and O–H groups in total. The molecule has 0 atom stereocenters. The van der Waals surface area contributed by atoms with Crippen molar-refractivity contribution in [2.24, 2.45) is 5.73 Å². The number of aromatic nitrogens is 1. The van der Waals surface area contributed by atoms with Gasteiger partial charge >= 0.3 is 0 Å². The molecule has 0 aliphatic heterocycles. The van der Waals surface area contributed by atoms with E-state index < -0.39 is 0 Å². The van der Waals surface area contributed by atoms with E-state index in [-0.39, 0.29) is 0 Å². The van der Waals surface area contributed by atoms with E-state index in [2.05, 4.69) is 10.3 Å². The first-order chi connectivity index (χ1) is 9.69. The molecule has 0 spiro atoms. The Balaban J connectivity index is 2.10. The van der Waals surface area contributed by atoms with Crippen molar-refractivity contribution in [3.05, 3.63) is 47.2 Å². The number of nitrogens with two attached hydrogens (primary N) is 2. The second-order valence-corrected chi connectivity index (χ2v) is 4.75. The van der Waals surface area contributed by atoms with Crippen molar-refractivity contribution < 1.29 is 4.42 Å². The summed E-state index contributed by atoms with van der Waals surface area (Å²) >= 11 is 5.97. The minimum absolute atomic E-state index is 0.293. The van der Waals surface area contributed by atoms with Gasteiger partial charge in [0.05, 0.1) is 5.69 Å². The minimum Gasteiger partial charge on any atom is -0.437 e. The van der Waals surface area contributed by atoms with E-state index in [1.807, 2.05) is 24.3 Å². The van der Waals surface area contributed by atoms with Crippen LogP contribution in [0.3, 0.4) is 0 Å².